The number of carbonyl (C=O) groups is 1. The summed E-state index contributed by atoms with van der Waals surface area (Å²) >= 11 is 0. The summed E-state index contributed by atoms with van der Waals surface area (Å²) < 4.78 is 1.01. The second-order valence-electron chi connectivity index (χ2n) is 7.14. The molecule has 3 aromatic heterocycles. The normalized spacial score (nSPS) is 14.6. The lowest BCUT2D eigenvalue weighted by molar-refractivity contribution is 0.0625. The number of aromatic amines is 1. The summed E-state index contributed by atoms with van der Waals surface area (Å²) in [4.78, 5) is 52.5. The highest BCUT2D eigenvalue weighted by atomic mass is 16.2. The summed E-state index contributed by atoms with van der Waals surface area (Å²) in [6, 6.07) is 9.21. The van der Waals surface area contributed by atoms with E-state index in [1.54, 1.807) is 41.7 Å². The van der Waals surface area contributed by atoms with E-state index in [1.807, 2.05) is 12.1 Å². The summed E-state index contributed by atoms with van der Waals surface area (Å²) in [5.74, 6) is -0.366. The molecular weight excluding hydrogens is 384 g/mol. The Labute approximate surface area is 172 Å². The van der Waals surface area contributed by atoms with Crippen LogP contribution in [0.4, 0.5) is 0 Å². The minimum absolute atomic E-state index is 0.00976. The largest absolute Gasteiger partial charge is 0.336 e. The monoisotopic (exact) mass is 406 g/mol. The van der Waals surface area contributed by atoms with Crippen molar-refractivity contribution in [2.24, 2.45) is 0 Å². The standard InChI is InChI=1S/C21H22N6O3/c28-19(26-11-9-25(10-12-26)14-16-4-7-22-8-5-16)18-13-24-21(30)27(20(18)29)15-17-3-1-2-6-23-17/h1-8,13H,9-12,14-15H2,(H,24,30). The molecule has 0 aliphatic carbocycles. The van der Waals surface area contributed by atoms with Gasteiger partial charge in [-0.1, -0.05) is 6.07 Å². The van der Waals surface area contributed by atoms with Gasteiger partial charge in [0.15, 0.2) is 0 Å². The molecule has 30 heavy (non-hydrogen) atoms. The minimum atomic E-state index is -0.603. The smallest absolute Gasteiger partial charge is 0.328 e. The van der Waals surface area contributed by atoms with Crippen molar-refractivity contribution in [3.05, 3.63) is 92.8 Å². The third kappa shape index (κ3) is 4.36. The quantitative estimate of drug-likeness (QED) is 0.655. The molecule has 1 N–H and O–H groups in total. The Balaban J connectivity index is 1.46. The zero-order chi connectivity index (χ0) is 20.9. The van der Waals surface area contributed by atoms with Crippen molar-refractivity contribution >= 4 is 5.91 Å². The van der Waals surface area contributed by atoms with Gasteiger partial charge in [-0.25, -0.2) is 4.79 Å². The van der Waals surface area contributed by atoms with Crippen molar-refractivity contribution < 1.29 is 4.79 Å². The van der Waals surface area contributed by atoms with Gasteiger partial charge in [0.1, 0.15) is 5.56 Å². The number of hydrogen-bond acceptors (Lipinski definition) is 6. The van der Waals surface area contributed by atoms with Gasteiger partial charge in [0.2, 0.25) is 0 Å². The molecule has 0 unspecified atom stereocenters. The lowest BCUT2D eigenvalue weighted by atomic mass is 10.2. The fourth-order valence-electron chi connectivity index (χ4n) is 3.49. The van der Waals surface area contributed by atoms with Gasteiger partial charge in [-0.2, -0.15) is 0 Å². The molecule has 1 amide bonds. The summed E-state index contributed by atoms with van der Waals surface area (Å²) in [7, 11) is 0. The molecule has 1 aliphatic heterocycles. The third-order valence-corrected chi connectivity index (χ3v) is 5.15. The molecule has 1 aliphatic rings. The first kappa shape index (κ1) is 19.7. The van der Waals surface area contributed by atoms with Crippen LogP contribution in [0.2, 0.25) is 0 Å². The van der Waals surface area contributed by atoms with Crippen LogP contribution >= 0.6 is 0 Å². The Morgan fingerprint density at radius 1 is 0.967 bits per heavy atom. The Morgan fingerprint density at radius 3 is 2.43 bits per heavy atom. The van der Waals surface area contributed by atoms with Crippen LogP contribution in [0.3, 0.4) is 0 Å². The van der Waals surface area contributed by atoms with Crippen molar-refractivity contribution in [1.29, 1.82) is 0 Å². The average Bonchev–Trinajstić information content (AvgIpc) is 2.78. The third-order valence-electron chi connectivity index (χ3n) is 5.15. The van der Waals surface area contributed by atoms with Gasteiger partial charge in [-0.05, 0) is 29.8 Å². The number of nitrogens with one attached hydrogen (secondary N) is 1. The molecule has 1 fully saturated rings. The van der Waals surface area contributed by atoms with Crippen molar-refractivity contribution in [2.75, 3.05) is 26.2 Å². The van der Waals surface area contributed by atoms with E-state index in [0.29, 0.717) is 31.9 Å². The van der Waals surface area contributed by atoms with E-state index in [1.165, 1.54) is 11.8 Å². The fourth-order valence-corrected chi connectivity index (χ4v) is 3.49. The summed E-state index contributed by atoms with van der Waals surface area (Å²) in [5.41, 5.74) is 0.536. The van der Waals surface area contributed by atoms with Crippen LogP contribution in [0.15, 0.2) is 64.7 Å². The zero-order valence-electron chi connectivity index (χ0n) is 16.4. The predicted molar refractivity (Wildman–Crippen MR) is 110 cm³/mol. The molecule has 0 atom stereocenters. The predicted octanol–water partition coefficient (Wildman–Crippen LogP) is 0.333. The van der Waals surface area contributed by atoms with Crippen molar-refractivity contribution in [3.63, 3.8) is 0 Å². The Kier molecular flexibility index (Phi) is 5.80. The number of rotatable bonds is 5. The maximum Gasteiger partial charge on any atom is 0.328 e. The summed E-state index contributed by atoms with van der Waals surface area (Å²) in [5, 5.41) is 0. The van der Waals surface area contributed by atoms with Crippen LogP contribution in [-0.2, 0) is 13.1 Å². The first-order valence-corrected chi connectivity index (χ1v) is 9.75. The molecule has 0 radical (unpaired) electrons. The topological polar surface area (TPSA) is 104 Å². The van der Waals surface area contributed by atoms with Gasteiger partial charge < -0.3 is 9.88 Å². The summed E-state index contributed by atoms with van der Waals surface area (Å²) in [6.07, 6.45) is 6.34. The highest BCUT2D eigenvalue weighted by Crippen LogP contribution is 2.09. The van der Waals surface area contributed by atoms with E-state index < -0.39 is 11.2 Å². The van der Waals surface area contributed by atoms with Crippen molar-refractivity contribution in [1.82, 2.24) is 29.3 Å². The molecular formula is C21H22N6O3. The lowest BCUT2D eigenvalue weighted by Gasteiger charge is -2.34. The lowest BCUT2D eigenvalue weighted by Crippen LogP contribution is -2.50. The van der Waals surface area contributed by atoms with Crippen LogP contribution in [0.25, 0.3) is 0 Å². The maximum absolute atomic E-state index is 12.9. The van der Waals surface area contributed by atoms with Gasteiger partial charge >= 0.3 is 5.69 Å². The van der Waals surface area contributed by atoms with Crippen LogP contribution in [0.1, 0.15) is 21.6 Å². The van der Waals surface area contributed by atoms with Crippen molar-refractivity contribution in [3.8, 4) is 0 Å². The molecule has 0 saturated carbocycles. The number of pyridine rings is 2. The van der Waals surface area contributed by atoms with Crippen LogP contribution in [0, 0.1) is 0 Å². The highest BCUT2D eigenvalue weighted by molar-refractivity contribution is 5.93. The molecule has 0 aromatic carbocycles. The SMILES string of the molecule is O=C(c1c[nH]c(=O)n(Cc2ccccn2)c1=O)N1CCN(Cc2ccncc2)CC1. The van der Waals surface area contributed by atoms with Gasteiger partial charge in [0, 0.05) is 57.5 Å². The molecule has 154 valence electrons. The highest BCUT2D eigenvalue weighted by Gasteiger charge is 2.25. The Hall–Kier alpha value is -3.59. The van der Waals surface area contributed by atoms with Gasteiger partial charge in [-0.3, -0.25) is 29.0 Å². The molecule has 9 nitrogen and oxygen atoms in total. The van der Waals surface area contributed by atoms with E-state index in [4.69, 9.17) is 0 Å². The first-order valence-electron chi connectivity index (χ1n) is 9.75. The van der Waals surface area contributed by atoms with E-state index >= 15 is 0 Å². The maximum atomic E-state index is 12.9. The first-order chi connectivity index (χ1) is 14.6. The Morgan fingerprint density at radius 2 is 1.73 bits per heavy atom. The number of carbonyl (C=O) groups excluding carboxylic acids is 1. The molecule has 4 rings (SSSR count). The number of nitrogens with zero attached hydrogens (tertiary/aromatic N) is 5. The zero-order valence-corrected chi connectivity index (χ0v) is 16.4. The second kappa shape index (κ2) is 8.83. The van der Waals surface area contributed by atoms with Gasteiger partial charge in [0.25, 0.3) is 11.5 Å². The van der Waals surface area contributed by atoms with Crippen molar-refractivity contribution in [2.45, 2.75) is 13.1 Å². The molecule has 4 heterocycles. The van der Waals surface area contributed by atoms with Gasteiger partial charge in [-0.15, -0.1) is 0 Å². The van der Waals surface area contributed by atoms with E-state index in [2.05, 4.69) is 19.9 Å². The number of H-pyrrole nitrogens is 1. The van der Waals surface area contributed by atoms with Gasteiger partial charge in [0.05, 0.1) is 12.2 Å². The Bertz CT molecular complexity index is 1120. The molecule has 0 spiro atoms. The van der Waals surface area contributed by atoms with E-state index in [9.17, 15) is 14.4 Å². The van der Waals surface area contributed by atoms with Crippen LogP contribution in [0.5, 0.6) is 0 Å². The minimum Gasteiger partial charge on any atom is -0.336 e. The fraction of sp³-hybridized carbons (Fsp3) is 0.286. The number of aromatic nitrogens is 4. The van der Waals surface area contributed by atoms with E-state index in [0.717, 1.165) is 11.1 Å². The number of amides is 1. The van der Waals surface area contributed by atoms with Crippen LogP contribution < -0.4 is 11.2 Å². The molecule has 3 aromatic rings. The summed E-state index contributed by atoms with van der Waals surface area (Å²) in [6.45, 7) is 3.25. The number of piperazine rings is 1. The average molecular weight is 406 g/mol. The second-order valence-corrected chi connectivity index (χ2v) is 7.14. The molecule has 9 heteroatoms. The molecule has 0 bridgehead atoms. The number of hydrogen-bond donors (Lipinski definition) is 1. The molecule has 1 saturated heterocycles. The van der Waals surface area contributed by atoms with Crippen LogP contribution in [-0.4, -0.2) is 61.4 Å². The van der Waals surface area contributed by atoms with E-state index in [-0.39, 0.29) is 18.0 Å².